The van der Waals surface area contributed by atoms with Crippen molar-refractivity contribution in [2.75, 3.05) is 13.2 Å². The van der Waals surface area contributed by atoms with Gasteiger partial charge in [-0.15, -0.1) is 0 Å². The van der Waals surface area contributed by atoms with Crippen LogP contribution >= 0.6 is 0 Å². The van der Waals surface area contributed by atoms with Crippen molar-refractivity contribution in [2.24, 2.45) is 0 Å². The van der Waals surface area contributed by atoms with E-state index in [2.05, 4.69) is 5.32 Å². The van der Waals surface area contributed by atoms with Gasteiger partial charge in [-0.05, 0) is 24.6 Å². The van der Waals surface area contributed by atoms with E-state index in [9.17, 15) is 40.1 Å². The number of benzene rings is 1. The number of nitrogens with one attached hydrogen (secondary N) is 1. The fourth-order valence-electron chi connectivity index (χ4n) is 3.87. The van der Waals surface area contributed by atoms with Crippen LogP contribution in [0.3, 0.4) is 0 Å². The molecule has 2 fully saturated rings. The number of hydrogen-bond acceptors (Lipinski definition) is 11. The molecule has 0 saturated carbocycles. The van der Waals surface area contributed by atoms with Gasteiger partial charge in [0, 0.05) is 6.54 Å². The molecule has 3 rings (SSSR count). The van der Waals surface area contributed by atoms with Gasteiger partial charge >= 0.3 is 0 Å². The molecule has 8 N–H and O–H groups in total. The van der Waals surface area contributed by atoms with Crippen molar-refractivity contribution in [2.45, 2.75) is 74.3 Å². The highest BCUT2D eigenvalue weighted by molar-refractivity contribution is 5.16. The lowest BCUT2D eigenvalue weighted by atomic mass is 9.92. The van der Waals surface area contributed by atoms with E-state index >= 15 is 0 Å². The molecule has 1 aromatic carbocycles. The van der Waals surface area contributed by atoms with Crippen LogP contribution in [-0.2, 0) is 20.8 Å². The second-order valence-electron chi connectivity index (χ2n) is 8.14. The average Bonchev–Trinajstić information content (AvgIpc) is 2.78. The summed E-state index contributed by atoms with van der Waals surface area (Å²) >= 11 is 0. The largest absolute Gasteiger partial charge is 0.394 e. The van der Waals surface area contributed by atoms with Crippen molar-refractivity contribution < 1.29 is 54.3 Å². The summed E-state index contributed by atoms with van der Waals surface area (Å²) in [5.74, 6) is -2.41. The monoisotopic (exact) mass is 463 g/mol. The number of aliphatic hydroxyl groups is 7. The normalized spacial score (nSPS) is 42.7. The van der Waals surface area contributed by atoms with Crippen molar-refractivity contribution in [3.8, 4) is 0 Å². The minimum absolute atomic E-state index is 0.114. The molecule has 0 aliphatic carbocycles. The molecule has 10 atom stereocenters. The van der Waals surface area contributed by atoms with Gasteiger partial charge in [-0.2, -0.15) is 0 Å². The predicted molar refractivity (Wildman–Crippen MR) is 104 cm³/mol. The first kappa shape index (κ1) is 25.3. The maximum atomic E-state index is 13.1. The van der Waals surface area contributed by atoms with Gasteiger partial charge in [0.2, 0.25) is 0 Å². The van der Waals surface area contributed by atoms with Crippen LogP contribution < -0.4 is 5.32 Å². The minimum Gasteiger partial charge on any atom is -0.394 e. The Kier molecular flexibility index (Phi) is 8.17. The molecule has 0 radical (unpaired) electrons. The third-order valence-electron chi connectivity index (χ3n) is 5.84. The zero-order valence-corrected chi connectivity index (χ0v) is 17.4. The Morgan fingerprint density at radius 1 is 0.938 bits per heavy atom. The lowest BCUT2D eigenvalue weighted by Crippen LogP contribution is -2.69. The lowest BCUT2D eigenvalue weighted by molar-refractivity contribution is -0.407. The Morgan fingerprint density at radius 2 is 1.53 bits per heavy atom. The van der Waals surface area contributed by atoms with Crippen LogP contribution in [0.5, 0.6) is 0 Å². The third kappa shape index (κ3) is 5.11. The molecular weight excluding hydrogens is 433 g/mol. The van der Waals surface area contributed by atoms with Crippen LogP contribution in [0.25, 0.3) is 0 Å². The Bertz CT molecular complexity index is 740. The number of hydrogen-bond donors (Lipinski definition) is 8. The summed E-state index contributed by atoms with van der Waals surface area (Å²) in [7, 11) is 0. The molecule has 0 bridgehead atoms. The number of halogens is 1. The molecule has 2 aliphatic rings. The van der Waals surface area contributed by atoms with Crippen molar-refractivity contribution in [3.63, 3.8) is 0 Å². The Hall–Kier alpha value is -1.29. The first-order chi connectivity index (χ1) is 15.1. The van der Waals surface area contributed by atoms with E-state index < -0.39 is 79.9 Å². The molecule has 0 aromatic heterocycles. The maximum Gasteiger partial charge on any atom is 0.197 e. The lowest BCUT2D eigenvalue weighted by Gasteiger charge is -2.50. The summed E-state index contributed by atoms with van der Waals surface area (Å²) < 4.78 is 30.0. The second kappa shape index (κ2) is 10.3. The molecule has 0 amide bonds. The topological polar surface area (TPSA) is 181 Å². The highest BCUT2D eigenvalue weighted by atomic mass is 19.1. The van der Waals surface area contributed by atoms with E-state index in [-0.39, 0.29) is 6.54 Å². The van der Waals surface area contributed by atoms with E-state index in [0.29, 0.717) is 5.56 Å². The van der Waals surface area contributed by atoms with E-state index in [1.165, 1.54) is 31.2 Å². The van der Waals surface area contributed by atoms with Crippen molar-refractivity contribution in [1.82, 2.24) is 5.32 Å². The minimum atomic E-state index is -1.99. The molecule has 2 aliphatic heterocycles. The SMILES string of the molecule is C[C@]1(O[C@H]2OC(CO)[C@@H](O)C(O)C2NCc2ccc(F)cc2)OC(CO)[C@@H](O)[C@H](O)C1O. The van der Waals surface area contributed by atoms with Crippen LogP contribution in [0.15, 0.2) is 24.3 Å². The zero-order chi connectivity index (χ0) is 23.6. The molecule has 11 nitrogen and oxygen atoms in total. The molecular formula is C20H30FNO10. The predicted octanol–water partition coefficient (Wildman–Crippen LogP) is -3.07. The van der Waals surface area contributed by atoms with Gasteiger partial charge in [-0.1, -0.05) is 12.1 Å². The summed E-state index contributed by atoms with van der Waals surface area (Å²) in [6.45, 7) is 0.0371. The van der Waals surface area contributed by atoms with E-state index in [0.717, 1.165) is 0 Å². The van der Waals surface area contributed by atoms with Gasteiger partial charge in [-0.3, -0.25) is 0 Å². The standard InChI is InChI=1S/C20H30FNO10/c1-20(18(29)17(28)15(26)12(8-24)31-20)32-19-13(16(27)14(25)11(7-23)30-19)22-6-9-2-4-10(21)5-3-9/h2-5,11-19,22-29H,6-8H2,1H3/t11?,12?,13?,14-,15-,16?,17+,18?,19-,20-/m1/s1. The fraction of sp³-hybridized carbons (Fsp3) is 0.700. The van der Waals surface area contributed by atoms with E-state index in [4.69, 9.17) is 14.2 Å². The van der Waals surface area contributed by atoms with Crippen LogP contribution in [0.4, 0.5) is 4.39 Å². The van der Waals surface area contributed by atoms with Crippen LogP contribution in [0, 0.1) is 5.82 Å². The average molecular weight is 463 g/mol. The summed E-state index contributed by atoms with van der Waals surface area (Å²) in [4.78, 5) is 0. The molecule has 12 heteroatoms. The van der Waals surface area contributed by atoms with Gasteiger partial charge in [0.15, 0.2) is 12.1 Å². The maximum absolute atomic E-state index is 13.1. The third-order valence-corrected chi connectivity index (χ3v) is 5.84. The van der Waals surface area contributed by atoms with Crippen LogP contribution in [-0.4, -0.2) is 110 Å². The smallest absolute Gasteiger partial charge is 0.197 e. The Morgan fingerprint density at radius 3 is 2.12 bits per heavy atom. The summed E-state index contributed by atoms with van der Waals surface area (Å²) in [5.41, 5.74) is 0.648. The van der Waals surface area contributed by atoms with E-state index in [1.807, 2.05) is 0 Å². The zero-order valence-electron chi connectivity index (χ0n) is 17.4. The summed E-state index contributed by atoms with van der Waals surface area (Å²) in [5, 5.41) is 73.3. The molecule has 32 heavy (non-hydrogen) atoms. The Balaban J connectivity index is 1.81. The fourth-order valence-corrected chi connectivity index (χ4v) is 3.87. The summed E-state index contributed by atoms with van der Waals surface area (Å²) in [6.07, 6.45) is -11.9. The van der Waals surface area contributed by atoms with Gasteiger partial charge < -0.3 is 55.3 Å². The van der Waals surface area contributed by atoms with Crippen molar-refractivity contribution in [3.05, 3.63) is 35.6 Å². The highest BCUT2D eigenvalue weighted by Gasteiger charge is 2.55. The van der Waals surface area contributed by atoms with Crippen LogP contribution in [0.2, 0.25) is 0 Å². The van der Waals surface area contributed by atoms with Crippen molar-refractivity contribution in [1.29, 1.82) is 0 Å². The van der Waals surface area contributed by atoms with Gasteiger partial charge in [0.1, 0.15) is 48.5 Å². The molecule has 2 heterocycles. The van der Waals surface area contributed by atoms with Crippen molar-refractivity contribution >= 4 is 0 Å². The first-order valence-corrected chi connectivity index (χ1v) is 10.2. The second-order valence-corrected chi connectivity index (χ2v) is 8.14. The highest BCUT2D eigenvalue weighted by Crippen LogP contribution is 2.34. The molecule has 5 unspecified atom stereocenters. The van der Waals surface area contributed by atoms with Gasteiger partial charge in [0.05, 0.1) is 19.3 Å². The number of ether oxygens (including phenoxy) is 3. The summed E-state index contributed by atoms with van der Waals surface area (Å²) in [6, 6.07) is 4.43. The molecule has 1 aromatic rings. The number of rotatable bonds is 7. The quantitative estimate of drug-likeness (QED) is 0.205. The Labute approximate surface area is 183 Å². The number of aliphatic hydroxyl groups excluding tert-OH is 7. The molecule has 0 spiro atoms. The van der Waals surface area contributed by atoms with Crippen LogP contribution in [0.1, 0.15) is 12.5 Å². The molecule has 2 saturated heterocycles. The van der Waals surface area contributed by atoms with Gasteiger partial charge in [0.25, 0.3) is 0 Å². The van der Waals surface area contributed by atoms with Gasteiger partial charge in [-0.25, -0.2) is 4.39 Å². The first-order valence-electron chi connectivity index (χ1n) is 10.2. The van der Waals surface area contributed by atoms with E-state index in [1.54, 1.807) is 0 Å². The molecule has 182 valence electrons.